The Hall–Kier alpha value is -3.00. The average Bonchev–Trinajstić information content (AvgIpc) is 2.67. The molecule has 152 valence electrons. The second-order valence-electron chi connectivity index (χ2n) is 6.64. The molecule has 6 nitrogen and oxygen atoms in total. The lowest BCUT2D eigenvalue weighted by Gasteiger charge is -2.15. The number of benzene rings is 2. The van der Waals surface area contributed by atoms with E-state index in [9.17, 15) is 4.39 Å². The molecule has 0 radical (unpaired) electrons. The molecule has 0 atom stereocenters. The smallest absolute Gasteiger partial charge is 0.229 e. The number of aryl methyl sites for hydroxylation is 1. The summed E-state index contributed by atoms with van der Waals surface area (Å²) in [6.45, 7) is 5.92. The summed E-state index contributed by atoms with van der Waals surface area (Å²) in [6.07, 6.45) is 3.14. The third-order valence-electron chi connectivity index (χ3n) is 3.94. The summed E-state index contributed by atoms with van der Waals surface area (Å²) in [5, 5.41) is 6.16. The van der Waals surface area contributed by atoms with Crippen molar-refractivity contribution >= 4 is 40.8 Å². The van der Waals surface area contributed by atoms with Crippen molar-refractivity contribution in [1.29, 1.82) is 0 Å². The highest BCUT2D eigenvalue weighted by Crippen LogP contribution is 2.31. The summed E-state index contributed by atoms with van der Waals surface area (Å²) < 4.78 is 23.3. The summed E-state index contributed by atoms with van der Waals surface area (Å²) in [5.41, 5.74) is 3.40. The predicted molar refractivity (Wildman–Crippen MR) is 119 cm³/mol. The zero-order chi connectivity index (χ0) is 20.8. The van der Waals surface area contributed by atoms with E-state index >= 15 is 0 Å². The molecule has 0 saturated carbocycles. The first-order valence-electron chi connectivity index (χ1n) is 9.18. The molecule has 1 heterocycles. The molecule has 0 aliphatic rings. The van der Waals surface area contributed by atoms with Gasteiger partial charge in [-0.05, 0) is 44.5 Å². The van der Waals surface area contributed by atoms with Crippen LogP contribution in [0.1, 0.15) is 19.4 Å². The van der Waals surface area contributed by atoms with Gasteiger partial charge >= 0.3 is 0 Å². The van der Waals surface area contributed by atoms with E-state index in [-0.39, 0.29) is 17.9 Å². The Kier molecular flexibility index (Phi) is 6.77. The molecule has 29 heavy (non-hydrogen) atoms. The number of anilines is 5. The van der Waals surface area contributed by atoms with Gasteiger partial charge in [0.15, 0.2) is 11.6 Å². The third-order valence-corrected chi connectivity index (χ3v) is 4.34. The van der Waals surface area contributed by atoms with Crippen LogP contribution in [0.5, 0.6) is 5.75 Å². The van der Waals surface area contributed by atoms with Crippen LogP contribution in [0.2, 0.25) is 0 Å². The van der Waals surface area contributed by atoms with Crippen LogP contribution in [0, 0.1) is 12.7 Å². The molecule has 3 rings (SSSR count). The lowest BCUT2D eigenvalue weighted by Crippen LogP contribution is -2.06. The summed E-state index contributed by atoms with van der Waals surface area (Å²) in [4.78, 5) is 8.35. The van der Waals surface area contributed by atoms with Gasteiger partial charge < -0.3 is 20.1 Å². The molecule has 0 saturated heterocycles. The number of halogens is 1. The van der Waals surface area contributed by atoms with Gasteiger partial charge in [0.05, 0.1) is 23.7 Å². The van der Waals surface area contributed by atoms with Gasteiger partial charge in [-0.15, -0.1) is 0 Å². The predicted octanol–water partition coefficient (Wildman–Crippen LogP) is 5.89. The first kappa shape index (κ1) is 20.7. The van der Waals surface area contributed by atoms with Gasteiger partial charge in [-0.1, -0.05) is 30.1 Å². The summed E-state index contributed by atoms with van der Waals surface area (Å²) in [6, 6.07) is 13.2. The topological polar surface area (TPSA) is 71.1 Å². The maximum atomic E-state index is 14.4. The van der Waals surface area contributed by atoms with Crippen LogP contribution in [0.15, 0.2) is 48.7 Å². The second-order valence-corrected chi connectivity index (χ2v) is 7.25. The molecule has 8 heteroatoms. The van der Waals surface area contributed by atoms with Crippen molar-refractivity contribution in [3.63, 3.8) is 0 Å². The molecule has 0 fully saturated rings. The highest BCUT2D eigenvalue weighted by atomic mass is 32.2. The Balaban J connectivity index is 1.83. The first-order chi connectivity index (χ1) is 14.0. The van der Waals surface area contributed by atoms with Gasteiger partial charge in [-0.3, -0.25) is 0 Å². The van der Waals surface area contributed by atoms with Crippen LogP contribution in [0.3, 0.4) is 0 Å². The van der Waals surface area contributed by atoms with E-state index < -0.39 is 5.82 Å². The van der Waals surface area contributed by atoms with Gasteiger partial charge in [0.1, 0.15) is 5.75 Å². The van der Waals surface area contributed by atoms with Gasteiger partial charge in [0.25, 0.3) is 0 Å². The lowest BCUT2D eigenvalue weighted by molar-refractivity contribution is 0.242. The van der Waals surface area contributed by atoms with Gasteiger partial charge in [-0.2, -0.15) is 4.98 Å². The Morgan fingerprint density at radius 1 is 1.10 bits per heavy atom. The largest absolute Gasteiger partial charge is 0.491 e. The molecule has 0 spiro atoms. The number of hydrogen-bond acceptors (Lipinski definition) is 7. The molecule has 0 unspecified atom stereocenters. The molecule has 3 aromatic rings. The summed E-state index contributed by atoms with van der Waals surface area (Å²) in [7, 11) is 0. The molecule has 0 aliphatic carbocycles. The lowest BCUT2D eigenvalue weighted by atomic mass is 10.2. The van der Waals surface area contributed by atoms with Crippen molar-refractivity contribution in [3.05, 3.63) is 60.0 Å². The Morgan fingerprint density at radius 3 is 2.66 bits per heavy atom. The maximum absolute atomic E-state index is 14.4. The first-order valence-corrected chi connectivity index (χ1v) is 10.4. The molecule has 3 N–H and O–H groups in total. The minimum Gasteiger partial charge on any atom is -0.491 e. The van der Waals surface area contributed by atoms with Crippen molar-refractivity contribution in [3.8, 4) is 5.75 Å². The fourth-order valence-corrected chi connectivity index (χ4v) is 3.18. The number of para-hydroxylation sites is 1. The van der Waals surface area contributed by atoms with E-state index in [1.54, 1.807) is 0 Å². The minimum absolute atomic E-state index is 0.0709. The summed E-state index contributed by atoms with van der Waals surface area (Å²) in [5.74, 6) is 0.566. The Labute approximate surface area is 174 Å². The Morgan fingerprint density at radius 2 is 1.90 bits per heavy atom. The number of rotatable bonds is 8. The summed E-state index contributed by atoms with van der Waals surface area (Å²) >= 11 is 1.47. The zero-order valence-electron chi connectivity index (χ0n) is 16.8. The Bertz CT molecular complexity index is 983. The molecule has 0 bridgehead atoms. The van der Waals surface area contributed by atoms with E-state index in [4.69, 9.17) is 4.74 Å². The van der Waals surface area contributed by atoms with Gasteiger partial charge in [-0.25, -0.2) is 9.37 Å². The monoisotopic (exact) mass is 413 g/mol. The van der Waals surface area contributed by atoms with Crippen LogP contribution >= 0.6 is 11.9 Å². The quantitative estimate of drug-likeness (QED) is 0.398. The van der Waals surface area contributed by atoms with E-state index in [2.05, 4.69) is 25.3 Å². The van der Waals surface area contributed by atoms with Crippen LogP contribution in [0.4, 0.5) is 33.2 Å². The SMILES string of the molecule is CSNc1c(C)cccc1Nc1nc(Nc2cccc(OC(C)C)c2)ncc1F. The van der Waals surface area contributed by atoms with Crippen molar-refractivity contribution in [2.75, 3.05) is 21.6 Å². The maximum Gasteiger partial charge on any atom is 0.229 e. The van der Waals surface area contributed by atoms with Crippen molar-refractivity contribution in [2.45, 2.75) is 26.9 Å². The second kappa shape index (κ2) is 9.47. The van der Waals surface area contributed by atoms with E-state index in [1.165, 1.54) is 11.9 Å². The molecular formula is C21H24FN5OS. The van der Waals surface area contributed by atoms with Crippen LogP contribution in [0.25, 0.3) is 0 Å². The number of hydrogen-bond donors (Lipinski definition) is 3. The fraction of sp³-hybridized carbons (Fsp3) is 0.238. The van der Waals surface area contributed by atoms with Gasteiger partial charge in [0, 0.05) is 18.0 Å². The van der Waals surface area contributed by atoms with Crippen molar-refractivity contribution in [1.82, 2.24) is 9.97 Å². The average molecular weight is 414 g/mol. The minimum atomic E-state index is -0.538. The highest BCUT2D eigenvalue weighted by Gasteiger charge is 2.12. The molecule has 1 aromatic heterocycles. The van der Waals surface area contributed by atoms with Crippen molar-refractivity contribution in [2.24, 2.45) is 0 Å². The number of nitrogens with one attached hydrogen (secondary N) is 3. The third kappa shape index (κ3) is 5.51. The highest BCUT2D eigenvalue weighted by molar-refractivity contribution is 7.99. The molecule has 0 amide bonds. The van der Waals surface area contributed by atoms with E-state index in [0.29, 0.717) is 0 Å². The molecular weight excluding hydrogens is 389 g/mol. The van der Waals surface area contributed by atoms with Crippen LogP contribution in [-0.2, 0) is 0 Å². The number of ether oxygens (including phenoxy) is 1. The van der Waals surface area contributed by atoms with Crippen molar-refractivity contribution < 1.29 is 9.13 Å². The fourth-order valence-electron chi connectivity index (χ4n) is 2.70. The van der Waals surface area contributed by atoms with Crippen LogP contribution < -0.4 is 20.1 Å². The molecule has 2 aromatic carbocycles. The van der Waals surface area contributed by atoms with Gasteiger partial charge in [0.2, 0.25) is 5.95 Å². The normalized spacial score (nSPS) is 10.7. The van der Waals surface area contributed by atoms with E-state index in [1.807, 2.05) is 69.5 Å². The molecule has 0 aliphatic heterocycles. The van der Waals surface area contributed by atoms with Crippen LogP contribution in [-0.4, -0.2) is 22.3 Å². The number of nitrogens with zero attached hydrogens (tertiary/aromatic N) is 2. The number of aromatic nitrogens is 2. The van der Waals surface area contributed by atoms with E-state index in [0.717, 1.165) is 34.6 Å². The standard InChI is InChI=1S/C21H24FN5OS/c1-13(2)28-16-9-6-8-15(11-16)24-21-23-12-17(22)20(26-21)25-18-10-5-7-14(3)19(18)27-29-4/h5-13,27H,1-4H3,(H2,23,24,25,26). The zero-order valence-corrected chi connectivity index (χ0v) is 17.6.